The Hall–Kier alpha value is -1.44. The van der Waals surface area contributed by atoms with E-state index in [4.69, 9.17) is 82.4 Å². The molecule has 35 atom stereocenters. The van der Waals surface area contributed by atoms with Gasteiger partial charge in [-0.1, -0.05) is 0 Å². The first-order valence-electron chi connectivity index (χ1n) is 24.7. The Balaban J connectivity index is 0.000000649. The van der Waals surface area contributed by atoms with Crippen LogP contribution in [0.25, 0.3) is 0 Å². The molecule has 0 aromatic carbocycles. The van der Waals surface area contributed by atoms with E-state index >= 15 is 0 Å². The maximum atomic E-state index is 11.2. The lowest BCUT2D eigenvalue weighted by Gasteiger charge is -2.50. The quantitative estimate of drug-likeness (QED) is 0.113. The van der Waals surface area contributed by atoms with Crippen LogP contribution in [0.4, 0.5) is 0 Å². The molecule has 15 unspecified atom stereocenters. The van der Waals surface area contributed by atoms with Crippen LogP contribution in [0.2, 0.25) is 0 Å². The van der Waals surface area contributed by atoms with E-state index in [0.717, 1.165) is 0 Å². The molecule has 23 aliphatic heterocycles. The standard InChI is InChI=1S/C36H60O30.C6H12O6/c37-1-7-25-13(43)19(49)31(55-7)62-26-8(2-38)57-33(21(51)15(26)45)64-28-10(4-40)59-35(23(53)17(28)47)66-30-12(6-42)60-36(24(54)18(30)48)65-29-11(5-41)58-34(22(52)16(29)46)63-27-9(3-39)56-32(61-25)20(50)14(27)44;7-1-2-3(8)4(9)5(10)6(11)12-2/h7-54H,1-6H2;2-11H,1H2/t7-,8-,9-,10-,11-,12-,13?,14?,15?,16?,17?,18?,19?,20?,21?,22?,23?,24?,25-,26-,27-,28-,29-,30?,31-,32-,33-,34-,35?,36-;2-,3-,4+,5-,6?/m11/s1. The summed E-state index contributed by atoms with van der Waals surface area (Å²) in [5, 5.41) is 240. The average molecular weight is 1150 g/mol. The predicted molar refractivity (Wildman–Crippen MR) is 232 cm³/mol. The zero-order chi connectivity index (χ0) is 57.3. The molecule has 0 aromatic rings. The lowest BCUT2D eigenvalue weighted by Crippen LogP contribution is -2.69. The summed E-state index contributed by atoms with van der Waals surface area (Å²) >= 11 is 0. The maximum absolute atomic E-state index is 11.2. The number of ether oxygens (including phenoxy) is 13. The zero-order valence-corrected chi connectivity index (χ0v) is 40.8. The zero-order valence-electron chi connectivity index (χ0n) is 40.8. The molecule has 23 N–H and O–H groups in total. The monoisotopic (exact) mass is 1150 g/mol. The molecule has 36 heteroatoms. The number of aliphatic hydroxyl groups is 23. The predicted octanol–water partition coefficient (Wildman–Crippen LogP) is -16.3. The minimum atomic E-state index is -2.15. The van der Waals surface area contributed by atoms with Gasteiger partial charge in [-0.3, -0.25) is 0 Å². The highest BCUT2D eigenvalue weighted by atomic mass is 16.8. The third-order valence-electron chi connectivity index (χ3n) is 14.5. The summed E-state index contributed by atoms with van der Waals surface area (Å²) in [5.74, 6) is 0. The second-order valence-corrected chi connectivity index (χ2v) is 19.6. The first-order valence-corrected chi connectivity index (χ1v) is 24.7. The van der Waals surface area contributed by atoms with Crippen LogP contribution in [0.1, 0.15) is 0 Å². The van der Waals surface area contributed by atoms with Crippen LogP contribution in [0.5, 0.6) is 0 Å². The molecule has 23 aliphatic rings. The molecular formula is C42H72O36. The Kier molecular flexibility index (Phi) is 22.6. The van der Waals surface area contributed by atoms with E-state index in [-0.39, 0.29) is 0 Å². The van der Waals surface area contributed by atoms with Crippen LogP contribution in [0, 0.1) is 0 Å². The minimum absolute atomic E-state index is 0.526. The third kappa shape index (κ3) is 12.9. The Morgan fingerprint density at radius 2 is 0.346 bits per heavy atom. The van der Waals surface area contributed by atoms with Gasteiger partial charge in [-0.25, -0.2) is 0 Å². The average Bonchev–Trinajstić information content (AvgIpc) is 3.57. The molecule has 0 aliphatic carbocycles. The van der Waals surface area contributed by atoms with E-state index in [2.05, 4.69) is 4.74 Å². The molecule has 456 valence electrons. The van der Waals surface area contributed by atoms with Gasteiger partial charge in [0.25, 0.3) is 0 Å². The van der Waals surface area contributed by atoms with Crippen LogP contribution in [-0.2, 0) is 61.6 Å². The normalized spacial score (nSPS) is 54.4. The lowest BCUT2D eigenvalue weighted by molar-refractivity contribution is -0.404. The van der Waals surface area contributed by atoms with Crippen molar-refractivity contribution >= 4 is 0 Å². The maximum Gasteiger partial charge on any atom is 0.187 e. The van der Waals surface area contributed by atoms with Gasteiger partial charge in [-0.15, -0.1) is 0 Å². The van der Waals surface area contributed by atoms with Crippen molar-refractivity contribution in [2.75, 3.05) is 46.2 Å². The van der Waals surface area contributed by atoms with Crippen molar-refractivity contribution in [1.29, 1.82) is 0 Å². The van der Waals surface area contributed by atoms with Gasteiger partial charge in [0.1, 0.15) is 171 Å². The number of hydrogen-bond donors (Lipinski definition) is 23. The Bertz CT molecular complexity index is 1520. The van der Waals surface area contributed by atoms with Crippen molar-refractivity contribution in [3.05, 3.63) is 0 Å². The van der Waals surface area contributed by atoms with Gasteiger partial charge in [0.2, 0.25) is 0 Å². The van der Waals surface area contributed by atoms with E-state index in [9.17, 15) is 91.9 Å². The molecule has 23 saturated heterocycles. The van der Waals surface area contributed by atoms with Gasteiger partial charge >= 0.3 is 0 Å². The Labute approximate surface area is 439 Å². The summed E-state index contributed by atoms with van der Waals surface area (Å²) < 4.78 is 72.4. The second kappa shape index (κ2) is 27.5. The van der Waals surface area contributed by atoms with Crippen molar-refractivity contribution in [3.8, 4) is 0 Å². The summed E-state index contributed by atoms with van der Waals surface area (Å²) in [6.45, 7) is -6.52. The van der Waals surface area contributed by atoms with E-state index in [1.807, 2.05) is 0 Å². The first-order chi connectivity index (χ1) is 37.0. The molecule has 0 aromatic heterocycles. The largest absolute Gasteiger partial charge is 0.394 e. The van der Waals surface area contributed by atoms with E-state index in [1.54, 1.807) is 0 Å². The molecule has 23 heterocycles. The molecule has 12 bridgehead atoms. The van der Waals surface area contributed by atoms with Crippen LogP contribution in [0.3, 0.4) is 0 Å². The van der Waals surface area contributed by atoms with Crippen LogP contribution >= 0.6 is 0 Å². The molecular weight excluding hydrogens is 1080 g/mol. The molecule has 0 radical (unpaired) electrons. The van der Waals surface area contributed by atoms with Crippen LogP contribution in [0.15, 0.2) is 0 Å². The van der Waals surface area contributed by atoms with Gasteiger partial charge in [-0.2, -0.15) is 0 Å². The highest BCUT2D eigenvalue weighted by Crippen LogP contribution is 2.38. The summed E-state index contributed by atoms with van der Waals surface area (Å²) in [4.78, 5) is 0. The van der Waals surface area contributed by atoms with E-state index in [0.29, 0.717) is 0 Å². The van der Waals surface area contributed by atoms with E-state index in [1.165, 1.54) is 0 Å². The van der Waals surface area contributed by atoms with Gasteiger partial charge in [0, 0.05) is 0 Å². The van der Waals surface area contributed by atoms with Gasteiger partial charge < -0.3 is 179 Å². The van der Waals surface area contributed by atoms with Gasteiger partial charge in [-0.05, 0) is 0 Å². The molecule has 0 spiro atoms. The van der Waals surface area contributed by atoms with Crippen molar-refractivity contribution in [1.82, 2.24) is 0 Å². The van der Waals surface area contributed by atoms with Crippen LogP contribution in [-0.4, -0.2) is 379 Å². The number of hydrogen-bond acceptors (Lipinski definition) is 36. The lowest BCUT2D eigenvalue weighted by atomic mass is 9.94. The molecule has 36 nitrogen and oxygen atoms in total. The van der Waals surface area contributed by atoms with Gasteiger partial charge in [0.05, 0.1) is 46.2 Å². The molecule has 0 amide bonds. The fraction of sp³-hybridized carbons (Fsp3) is 1.00. The van der Waals surface area contributed by atoms with Crippen molar-refractivity contribution in [2.45, 2.75) is 215 Å². The smallest absolute Gasteiger partial charge is 0.187 e. The molecule has 23 fully saturated rings. The third-order valence-corrected chi connectivity index (χ3v) is 14.5. The second-order valence-electron chi connectivity index (χ2n) is 19.6. The highest BCUT2D eigenvalue weighted by Gasteiger charge is 2.59. The Morgan fingerprint density at radius 3 is 0.513 bits per heavy atom. The number of rotatable bonds is 7. The summed E-state index contributed by atoms with van der Waals surface area (Å²) in [5.41, 5.74) is 0. The fourth-order valence-corrected chi connectivity index (χ4v) is 10.0. The van der Waals surface area contributed by atoms with Crippen molar-refractivity contribution < 1.29 is 179 Å². The summed E-state index contributed by atoms with van der Waals surface area (Å²) in [6.07, 6.45) is -65.5. The SMILES string of the molecule is OC[C@H]1OC(O)[C@H](O)[C@@H](O)[C@@H]1O.OC[C@H]1O[C@@H]2O[C@H]3C(O)C(O)[C@H](O[C@@H]3CO)O[C@H]3C(O)C(O)[C@H](O[C@@H]3CO)O[C@H]3C(O)C(O)[C@H](O[C@@H]3CO)O[C@H]3C(O)C(O)[C@H](O[C@@H]3CO)O[C@H]3C(O)C(O)C(OC1C(O)C2O)O[C@@H]3CO. The minimum Gasteiger partial charge on any atom is -0.394 e. The fourth-order valence-electron chi connectivity index (χ4n) is 10.0. The first kappa shape index (κ1) is 64.1. The molecule has 78 heavy (non-hydrogen) atoms. The van der Waals surface area contributed by atoms with E-state index < -0.39 is 261 Å². The summed E-state index contributed by atoms with van der Waals surface area (Å²) in [6, 6.07) is 0. The summed E-state index contributed by atoms with van der Waals surface area (Å²) in [7, 11) is 0. The van der Waals surface area contributed by atoms with Crippen molar-refractivity contribution in [2.24, 2.45) is 0 Å². The highest BCUT2D eigenvalue weighted by molar-refractivity contribution is 5.01. The molecule has 0 saturated carbocycles. The van der Waals surface area contributed by atoms with Gasteiger partial charge in [0.15, 0.2) is 44.0 Å². The topological polar surface area (TPSA) is 585 Å². The number of aliphatic hydroxyl groups excluding tert-OH is 23. The van der Waals surface area contributed by atoms with Crippen molar-refractivity contribution in [3.63, 3.8) is 0 Å². The molecule has 23 rings (SSSR count). The van der Waals surface area contributed by atoms with Crippen LogP contribution < -0.4 is 0 Å². The Morgan fingerprint density at radius 1 is 0.167 bits per heavy atom.